The first-order chi connectivity index (χ1) is 16.2. The van der Waals surface area contributed by atoms with E-state index in [0.29, 0.717) is 19.8 Å². The molecule has 174 valence electrons. The van der Waals surface area contributed by atoms with E-state index in [1.54, 1.807) is 7.11 Å². The summed E-state index contributed by atoms with van der Waals surface area (Å²) >= 11 is 0. The second-order valence-corrected chi connectivity index (χ2v) is 8.00. The fourth-order valence-corrected chi connectivity index (χ4v) is 3.88. The number of ether oxygens (including phenoxy) is 2. The van der Waals surface area contributed by atoms with Crippen molar-refractivity contribution in [3.05, 3.63) is 77.4 Å². The molecule has 0 fully saturated rings. The van der Waals surface area contributed by atoms with E-state index in [1.807, 2.05) is 47.1 Å². The molecule has 1 aromatic heterocycles. The van der Waals surface area contributed by atoms with Gasteiger partial charge in [0.25, 0.3) is 0 Å². The summed E-state index contributed by atoms with van der Waals surface area (Å²) in [6.07, 6.45) is 1.87. The van der Waals surface area contributed by atoms with Crippen LogP contribution in [-0.4, -0.2) is 40.4 Å². The first kappa shape index (κ1) is 22.8. The number of hydrogen-bond acceptors (Lipinski definition) is 5. The summed E-state index contributed by atoms with van der Waals surface area (Å²) in [6, 6.07) is 18.4. The molecule has 1 aliphatic heterocycles. The number of nitrogens with one attached hydrogen (secondary N) is 2. The summed E-state index contributed by atoms with van der Waals surface area (Å²) in [6.45, 7) is 5.16. The van der Waals surface area contributed by atoms with Crippen LogP contribution in [0.5, 0.6) is 5.75 Å². The van der Waals surface area contributed by atoms with Gasteiger partial charge in [-0.15, -0.1) is 0 Å². The van der Waals surface area contributed by atoms with Gasteiger partial charge >= 0.3 is 0 Å². The second kappa shape index (κ2) is 11.5. The molecule has 3 aromatic rings. The number of aryl methyl sites for hydroxylation is 1. The molecule has 2 N–H and O–H groups in total. The third-order valence-electron chi connectivity index (χ3n) is 5.52. The smallest absolute Gasteiger partial charge is 0.191 e. The normalized spacial score (nSPS) is 15.7. The molecular weight excluding hydrogens is 416 g/mol. The first-order valence-electron chi connectivity index (χ1n) is 11.5. The zero-order valence-electron chi connectivity index (χ0n) is 19.3. The summed E-state index contributed by atoms with van der Waals surface area (Å²) in [5.74, 6) is 3.43. The molecule has 2 aromatic carbocycles. The highest BCUT2D eigenvalue weighted by molar-refractivity contribution is 5.80. The van der Waals surface area contributed by atoms with Gasteiger partial charge in [-0.3, -0.25) is 0 Å². The summed E-state index contributed by atoms with van der Waals surface area (Å²) < 4.78 is 13.1. The van der Waals surface area contributed by atoms with Crippen LogP contribution < -0.4 is 15.4 Å². The molecule has 4 rings (SSSR count). The summed E-state index contributed by atoms with van der Waals surface area (Å²) in [4.78, 5) is 9.41. The highest BCUT2D eigenvalue weighted by Gasteiger charge is 2.22. The zero-order chi connectivity index (χ0) is 22.9. The average molecular weight is 449 g/mol. The molecule has 0 radical (unpaired) electrons. The second-order valence-electron chi connectivity index (χ2n) is 8.00. The molecule has 0 saturated heterocycles. The van der Waals surface area contributed by atoms with Gasteiger partial charge in [-0.05, 0) is 36.6 Å². The summed E-state index contributed by atoms with van der Waals surface area (Å²) in [5, 5.41) is 11.5. The van der Waals surface area contributed by atoms with Crippen LogP contribution in [0.1, 0.15) is 36.1 Å². The monoisotopic (exact) mass is 448 g/mol. The van der Waals surface area contributed by atoms with E-state index < -0.39 is 0 Å². The minimum Gasteiger partial charge on any atom is -0.489 e. The van der Waals surface area contributed by atoms with Gasteiger partial charge in [-0.2, -0.15) is 5.10 Å². The lowest BCUT2D eigenvalue weighted by atomic mass is 10.1. The molecule has 0 spiro atoms. The highest BCUT2D eigenvalue weighted by atomic mass is 16.5. The molecule has 8 nitrogen and oxygen atoms in total. The lowest BCUT2D eigenvalue weighted by Gasteiger charge is -2.25. The Morgan fingerprint density at radius 3 is 2.67 bits per heavy atom. The van der Waals surface area contributed by atoms with Gasteiger partial charge < -0.3 is 20.1 Å². The van der Waals surface area contributed by atoms with Crippen molar-refractivity contribution in [2.45, 2.75) is 52.1 Å². The molecule has 0 bridgehead atoms. The Labute approximate surface area is 195 Å². The molecule has 1 unspecified atom stereocenters. The predicted octanol–water partition coefficient (Wildman–Crippen LogP) is 3.07. The number of methoxy groups -OCH3 is 1. The van der Waals surface area contributed by atoms with Crippen molar-refractivity contribution in [3.8, 4) is 5.75 Å². The predicted molar refractivity (Wildman–Crippen MR) is 128 cm³/mol. The fraction of sp³-hybridized carbons (Fsp3) is 0.400. The largest absolute Gasteiger partial charge is 0.489 e. The van der Waals surface area contributed by atoms with Gasteiger partial charge in [0.1, 0.15) is 24.8 Å². The van der Waals surface area contributed by atoms with Crippen LogP contribution in [0, 0.1) is 0 Å². The minimum absolute atomic E-state index is 0.240. The topological polar surface area (TPSA) is 85.6 Å². The first-order valence-corrected chi connectivity index (χ1v) is 11.5. The number of aromatic nitrogens is 3. The highest BCUT2D eigenvalue weighted by Crippen LogP contribution is 2.16. The molecule has 8 heteroatoms. The lowest BCUT2D eigenvalue weighted by Crippen LogP contribution is -2.47. The van der Waals surface area contributed by atoms with Gasteiger partial charge in [-0.1, -0.05) is 42.5 Å². The standard InChI is InChI=1S/C25H32N6O2/c1-3-26-25(28-21-13-14-24-29-23(18-32-2)30-31(24)16-21)27-15-19-9-7-8-10-20(19)17-33-22-11-5-4-6-12-22/h4-12,21H,3,13-18H2,1-2H3,(H2,26,27,28). The SMILES string of the molecule is CCNC(=NCc1ccccc1COc1ccccc1)NC1CCc2nc(COC)nn2C1. The van der Waals surface area contributed by atoms with E-state index in [1.165, 1.54) is 0 Å². The van der Waals surface area contributed by atoms with Crippen molar-refractivity contribution in [2.24, 2.45) is 4.99 Å². The Hall–Kier alpha value is -3.39. The Balaban J connectivity index is 1.39. The van der Waals surface area contributed by atoms with Gasteiger partial charge in [0.2, 0.25) is 0 Å². The number of aliphatic imine (C=N–C) groups is 1. The Kier molecular flexibility index (Phi) is 7.92. The molecule has 0 amide bonds. The van der Waals surface area contributed by atoms with Crippen molar-refractivity contribution in [3.63, 3.8) is 0 Å². The fourth-order valence-electron chi connectivity index (χ4n) is 3.88. The Morgan fingerprint density at radius 2 is 1.88 bits per heavy atom. The van der Waals surface area contributed by atoms with Crippen LogP contribution in [0.15, 0.2) is 59.6 Å². The van der Waals surface area contributed by atoms with Crippen LogP contribution in [0.4, 0.5) is 0 Å². The Morgan fingerprint density at radius 1 is 1.09 bits per heavy atom. The number of benzene rings is 2. The van der Waals surface area contributed by atoms with Gasteiger partial charge in [-0.25, -0.2) is 14.7 Å². The summed E-state index contributed by atoms with van der Waals surface area (Å²) in [7, 11) is 1.66. The van der Waals surface area contributed by atoms with Crippen molar-refractivity contribution in [2.75, 3.05) is 13.7 Å². The van der Waals surface area contributed by atoms with Gasteiger partial charge in [0, 0.05) is 26.1 Å². The molecule has 1 aliphatic rings. The lowest BCUT2D eigenvalue weighted by molar-refractivity contribution is 0.177. The number of fused-ring (bicyclic) bond motifs is 1. The molecular formula is C25H32N6O2. The van der Waals surface area contributed by atoms with Crippen LogP contribution >= 0.6 is 0 Å². The van der Waals surface area contributed by atoms with E-state index in [9.17, 15) is 0 Å². The van der Waals surface area contributed by atoms with Gasteiger partial charge in [0.15, 0.2) is 11.8 Å². The Bertz CT molecular complexity index is 1050. The summed E-state index contributed by atoms with van der Waals surface area (Å²) in [5.41, 5.74) is 2.29. The number of nitrogens with zero attached hydrogens (tertiary/aromatic N) is 4. The van der Waals surface area contributed by atoms with Crippen molar-refractivity contribution < 1.29 is 9.47 Å². The number of hydrogen-bond donors (Lipinski definition) is 2. The zero-order valence-corrected chi connectivity index (χ0v) is 19.3. The van der Waals surface area contributed by atoms with Crippen LogP contribution in [-0.2, 0) is 37.5 Å². The van der Waals surface area contributed by atoms with Crippen molar-refractivity contribution >= 4 is 5.96 Å². The van der Waals surface area contributed by atoms with Crippen LogP contribution in [0.3, 0.4) is 0 Å². The van der Waals surface area contributed by atoms with Crippen LogP contribution in [0.2, 0.25) is 0 Å². The van der Waals surface area contributed by atoms with E-state index in [4.69, 9.17) is 14.5 Å². The number of guanidine groups is 1. The van der Waals surface area contributed by atoms with E-state index >= 15 is 0 Å². The molecule has 0 aliphatic carbocycles. The minimum atomic E-state index is 0.240. The number of rotatable bonds is 9. The number of para-hydroxylation sites is 1. The van der Waals surface area contributed by atoms with Gasteiger partial charge in [0.05, 0.1) is 13.1 Å². The quantitative estimate of drug-likeness (QED) is 0.387. The average Bonchev–Trinajstić information content (AvgIpc) is 3.24. The van der Waals surface area contributed by atoms with E-state index in [-0.39, 0.29) is 6.04 Å². The van der Waals surface area contributed by atoms with Crippen molar-refractivity contribution in [1.29, 1.82) is 0 Å². The van der Waals surface area contributed by atoms with Crippen LogP contribution in [0.25, 0.3) is 0 Å². The third kappa shape index (κ3) is 6.32. The van der Waals surface area contributed by atoms with E-state index in [2.05, 4.69) is 39.8 Å². The molecule has 0 saturated carbocycles. The maximum absolute atomic E-state index is 5.96. The van der Waals surface area contributed by atoms with E-state index in [0.717, 1.165) is 60.4 Å². The van der Waals surface area contributed by atoms with Crippen molar-refractivity contribution in [1.82, 2.24) is 25.4 Å². The molecule has 1 atom stereocenters. The maximum atomic E-state index is 5.96. The molecule has 33 heavy (non-hydrogen) atoms. The molecule has 2 heterocycles. The third-order valence-corrected chi connectivity index (χ3v) is 5.52. The maximum Gasteiger partial charge on any atom is 0.191 e.